The minimum Gasteiger partial charge on any atom is -0.311 e. The van der Waals surface area contributed by atoms with Gasteiger partial charge in [0.1, 0.15) is 0 Å². The van der Waals surface area contributed by atoms with Gasteiger partial charge in [0.2, 0.25) is 5.95 Å². The summed E-state index contributed by atoms with van der Waals surface area (Å²) in [4.78, 5) is 33.4. The summed E-state index contributed by atoms with van der Waals surface area (Å²) in [5.41, 5.74) is 2.27. The Bertz CT molecular complexity index is 1060. The van der Waals surface area contributed by atoms with Gasteiger partial charge in [-0.25, -0.2) is 4.79 Å². The van der Waals surface area contributed by atoms with Crippen molar-refractivity contribution in [1.82, 2.24) is 19.1 Å². The van der Waals surface area contributed by atoms with Gasteiger partial charge in [-0.3, -0.25) is 14.3 Å². The number of nitrogens with one attached hydrogen (secondary N) is 1. The zero-order valence-electron chi connectivity index (χ0n) is 13.9. The topological polar surface area (TPSA) is 75.9 Å². The van der Waals surface area contributed by atoms with Crippen molar-refractivity contribution < 1.29 is 0 Å². The van der Waals surface area contributed by atoms with E-state index in [1.54, 1.807) is 7.05 Å². The van der Waals surface area contributed by atoms with Crippen LogP contribution >= 0.6 is 0 Å². The highest BCUT2D eigenvalue weighted by molar-refractivity contribution is 5.77. The number of hydrogen-bond donors (Lipinski definition) is 1. The highest BCUT2D eigenvalue weighted by Gasteiger charge is 2.29. The molecule has 1 aliphatic rings. The first kappa shape index (κ1) is 14.7. The van der Waals surface area contributed by atoms with E-state index in [9.17, 15) is 9.59 Å². The van der Waals surface area contributed by atoms with Crippen molar-refractivity contribution in [1.29, 1.82) is 0 Å². The standard InChI is InChI=1S/C17H19N5O2/c1-10-8-21(12-7-5-4-6-11(12)2)16-18-14-13(22(16)9-10)15(23)19-17(24)20(14)3/h4-7,10H,8-9H2,1-3H3,(H,19,23,24)/t10-/m1/s1. The Labute approximate surface area is 138 Å². The number of nitrogens with zero attached hydrogens (tertiary/aromatic N) is 4. The van der Waals surface area contributed by atoms with E-state index in [-0.39, 0.29) is 5.56 Å². The van der Waals surface area contributed by atoms with E-state index in [1.807, 2.05) is 16.7 Å². The fourth-order valence-corrected chi connectivity index (χ4v) is 3.44. The number of aromatic amines is 1. The minimum atomic E-state index is -0.446. The van der Waals surface area contributed by atoms with Gasteiger partial charge >= 0.3 is 5.69 Å². The largest absolute Gasteiger partial charge is 0.329 e. The van der Waals surface area contributed by atoms with Crippen molar-refractivity contribution in [2.24, 2.45) is 13.0 Å². The first-order chi connectivity index (χ1) is 11.5. The average molecular weight is 325 g/mol. The van der Waals surface area contributed by atoms with Crippen LogP contribution in [0.4, 0.5) is 11.6 Å². The lowest BCUT2D eigenvalue weighted by Crippen LogP contribution is -2.35. The lowest BCUT2D eigenvalue weighted by molar-refractivity contribution is 0.458. The molecule has 2 aromatic heterocycles. The number of imidazole rings is 1. The molecule has 0 aliphatic carbocycles. The number of aryl methyl sites for hydroxylation is 2. The van der Waals surface area contributed by atoms with Gasteiger partial charge in [-0.05, 0) is 24.5 Å². The second-order valence-electron chi connectivity index (χ2n) is 6.52. The summed E-state index contributed by atoms with van der Waals surface area (Å²) in [7, 11) is 1.63. The lowest BCUT2D eigenvalue weighted by atomic mass is 10.1. The van der Waals surface area contributed by atoms with Crippen molar-refractivity contribution in [2.75, 3.05) is 11.4 Å². The summed E-state index contributed by atoms with van der Waals surface area (Å²) in [6, 6.07) is 8.12. The SMILES string of the molecule is Cc1ccccc1N1C[C@@H](C)Cn2c1nc1c2c(=O)[nH]c(=O)n1C. The molecular formula is C17H19N5O2. The summed E-state index contributed by atoms with van der Waals surface area (Å²) in [5.74, 6) is 1.07. The summed E-state index contributed by atoms with van der Waals surface area (Å²) in [5, 5.41) is 0. The molecule has 0 amide bonds. The lowest BCUT2D eigenvalue weighted by Gasteiger charge is -2.33. The van der Waals surface area contributed by atoms with Crippen LogP contribution in [0.5, 0.6) is 0 Å². The predicted octanol–water partition coefficient (Wildman–Crippen LogP) is 1.52. The van der Waals surface area contributed by atoms with Crippen LogP contribution in [0.2, 0.25) is 0 Å². The van der Waals surface area contributed by atoms with E-state index < -0.39 is 5.69 Å². The third-order valence-corrected chi connectivity index (χ3v) is 4.62. The van der Waals surface area contributed by atoms with E-state index in [2.05, 4.69) is 40.8 Å². The summed E-state index contributed by atoms with van der Waals surface area (Å²) >= 11 is 0. The number of benzene rings is 1. The molecule has 124 valence electrons. The van der Waals surface area contributed by atoms with Gasteiger partial charge < -0.3 is 9.47 Å². The van der Waals surface area contributed by atoms with Crippen LogP contribution in [0.15, 0.2) is 33.9 Å². The molecule has 0 bridgehead atoms. The molecule has 0 fully saturated rings. The zero-order valence-corrected chi connectivity index (χ0v) is 13.9. The Morgan fingerprint density at radius 2 is 1.96 bits per heavy atom. The number of H-pyrrole nitrogens is 1. The Morgan fingerprint density at radius 3 is 2.71 bits per heavy atom. The van der Waals surface area contributed by atoms with Crippen molar-refractivity contribution in [3.63, 3.8) is 0 Å². The molecule has 7 heteroatoms. The monoisotopic (exact) mass is 325 g/mol. The molecule has 1 atom stereocenters. The van der Waals surface area contributed by atoms with Crippen molar-refractivity contribution in [3.05, 3.63) is 50.7 Å². The molecule has 0 saturated heterocycles. The molecule has 3 aromatic rings. The summed E-state index contributed by atoms with van der Waals surface area (Å²) < 4.78 is 3.32. The molecule has 0 saturated carbocycles. The summed E-state index contributed by atoms with van der Waals surface area (Å²) in [6.45, 7) is 5.73. The molecule has 1 aromatic carbocycles. The fourth-order valence-electron chi connectivity index (χ4n) is 3.44. The third-order valence-electron chi connectivity index (χ3n) is 4.62. The maximum absolute atomic E-state index is 12.4. The second kappa shape index (κ2) is 5.09. The summed E-state index contributed by atoms with van der Waals surface area (Å²) in [6.07, 6.45) is 0. The molecule has 24 heavy (non-hydrogen) atoms. The minimum absolute atomic E-state index is 0.353. The van der Waals surface area contributed by atoms with Gasteiger partial charge in [0.25, 0.3) is 5.56 Å². The van der Waals surface area contributed by atoms with Crippen molar-refractivity contribution in [2.45, 2.75) is 20.4 Å². The first-order valence-corrected chi connectivity index (χ1v) is 8.00. The number of anilines is 2. The van der Waals surface area contributed by atoms with Gasteiger partial charge in [0, 0.05) is 25.8 Å². The van der Waals surface area contributed by atoms with Crippen LogP contribution < -0.4 is 16.1 Å². The van der Waals surface area contributed by atoms with Crippen LogP contribution in [0.3, 0.4) is 0 Å². The van der Waals surface area contributed by atoms with Crippen LogP contribution in [-0.4, -0.2) is 25.6 Å². The molecule has 1 N–H and O–H groups in total. The van der Waals surface area contributed by atoms with Crippen molar-refractivity contribution >= 4 is 22.8 Å². The highest BCUT2D eigenvalue weighted by atomic mass is 16.2. The Balaban J connectivity index is 2.05. The smallest absolute Gasteiger partial charge is 0.311 e. The normalized spacial score (nSPS) is 17.3. The van der Waals surface area contributed by atoms with E-state index in [1.165, 1.54) is 4.57 Å². The van der Waals surface area contributed by atoms with Crippen LogP contribution in [-0.2, 0) is 13.6 Å². The van der Waals surface area contributed by atoms with E-state index >= 15 is 0 Å². The van der Waals surface area contributed by atoms with Crippen molar-refractivity contribution in [3.8, 4) is 0 Å². The number of rotatable bonds is 1. The average Bonchev–Trinajstić information content (AvgIpc) is 2.92. The molecule has 0 spiro atoms. The number of para-hydroxylation sites is 1. The van der Waals surface area contributed by atoms with Gasteiger partial charge in [-0.1, -0.05) is 25.1 Å². The quantitative estimate of drug-likeness (QED) is 0.736. The van der Waals surface area contributed by atoms with E-state index in [0.717, 1.165) is 17.8 Å². The Hall–Kier alpha value is -2.83. The van der Waals surface area contributed by atoms with Crippen LogP contribution in [0.25, 0.3) is 11.2 Å². The van der Waals surface area contributed by atoms with Gasteiger partial charge in [0.05, 0.1) is 0 Å². The second-order valence-corrected chi connectivity index (χ2v) is 6.52. The van der Waals surface area contributed by atoms with Gasteiger partial charge in [-0.2, -0.15) is 4.98 Å². The van der Waals surface area contributed by atoms with Gasteiger partial charge in [0.15, 0.2) is 11.2 Å². The molecule has 0 radical (unpaired) electrons. The third kappa shape index (κ3) is 2.01. The maximum atomic E-state index is 12.4. The maximum Gasteiger partial charge on any atom is 0.329 e. The first-order valence-electron chi connectivity index (χ1n) is 8.00. The highest BCUT2D eigenvalue weighted by Crippen LogP contribution is 2.34. The van der Waals surface area contributed by atoms with Gasteiger partial charge in [-0.15, -0.1) is 0 Å². The van der Waals surface area contributed by atoms with Crippen LogP contribution in [0, 0.1) is 12.8 Å². The molecule has 0 unspecified atom stereocenters. The zero-order chi connectivity index (χ0) is 17.0. The number of fused-ring (bicyclic) bond motifs is 3. The van der Waals surface area contributed by atoms with E-state index in [4.69, 9.17) is 0 Å². The Morgan fingerprint density at radius 1 is 1.21 bits per heavy atom. The number of hydrogen-bond acceptors (Lipinski definition) is 4. The van der Waals surface area contributed by atoms with Crippen LogP contribution in [0.1, 0.15) is 12.5 Å². The predicted molar refractivity (Wildman–Crippen MR) is 92.9 cm³/mol. The fraction of sp³-hybridized carbons (Fsp3) is 0.353. The molecule has 4 rings (SSSR count). The van der Waals surface area contributed by atoms with E-state index in [0.29, 0.717) is 29.6 Å². The molecule has 3 heterocycles. The Kier molecular flexibility index (Phi) is 3.13. The number of aromatic nitrogens is 4. The molecule has 7 nitrogen and oxygen atoms in total. The molecular weight excluding hydrogens is 306 g/mol. The molecule has 1 aliphatic heterocycles.